The number of hydrogen-bond acceptors (Lipinski definition) is 3. The Bertz CT molecular complexity index is 531. The standard InChI is InChI=1S/C12H11F3N2O3/c13-12(14,15)20-9-3-1-2-8(6-9)11(19)17-5-4-16-10(18)7-17/h1-3,6H,4-5,7H2,(H,16,18). The monoisotopic (exact) mass is 288 g/mol. The summed E-state index contributed by atoms with van der Waals surface area (Å²) >= 11 is 0. The Morgan fingerprint density at radius 1 is 1.35 bits per heavy atom. The number of alkyl halides is 3. The third kappa shape index (κ3) is 3.62. The molecule has 20 heavy (non-hydrogen) atoms. The molecule has 108 valence electrons. The van der Waals surface area contributed by atoms with Crippen molar-refractivity contribution in [3.05, 3.63) is 29.8 Å². The van der Waals surface area contributed by atoms with Crippen LogP contribution >= 0.6 is 0 Å². The number of ether oxygens (including phenoxy) is 1. The number of amides is 2. The zero-order valence-corrected chi connectivity index (χ0v) is 10.2. The number of nitrogens with one attached hydrogen (secondary N) is 1. The van der Waals surface area contributed by atoms with Crippen molar-refractivity contribution in [2.75, 3.05) is 19.6 Å². The lowest BCUT2D eigenvalue weighted by atomic mass is 10.1. The van der Waals surface area contributed by atoms with Crippen LogP contribution < -0.4 is 10.1 Å². The second-order valence-corrected chi connectivity index (χ2v) is 4.15. The first-order valence-corrected chi connectivity index (χ1v) is 5.77. The fourth-order valence-electron chi connectivity index (χ4n) is 1.82. The van der Waals surface area contributed by atoms with Crippen molar-refractivity contribution in [2.45, 2.75) is 6.36 Å². The number of nitrogens with zero attached hydrogens (tertiary/aromatic N) is 1. The Balaban J connectivity index is 2.14. The predicted molar refractivity (Wildman–Crippen MR) is 62.0 cm³/mol. The molecule has 0 aromatic heterocycles. The number of piperazine rings is 1. The molecule has 8 heteroatoms. The van der Waals surface area contributed by atoms with E-state index >= 15 is 0 Å². The summed E-state index contributed by atoms with van der Waals surface area (Å²) in [5.41, 5.74) is 0.0430. The van der Waals surface area contributed by atoms with E-state index < -0.39 is 18.0 Å². The molecule has 0 aliphatic carbocycles. The maximum absolute atomic E-state index is 12.1. The second-order valence-electron chi connectivity index (χ2n) is 4.15. The van der Waals surface area contributed by atoms with Crippen LogP contribution in [0.4, 0.5) is 13.2 Å². The molecular weight excluding hydrogens is 277 g/mol. The quantitative estimate of drug-likeness (QED) is 0.888. The van der Waals surface area contributed by atoms with Crippen LogP contribution in [0.25, 0.3) is 0 Å². The molecule has 1 heterocycles. The van der Waals surface area contributed by atoms with Crippen LogP contribution in [0.1, 0.15) is 10.4 Å². The highest BCUT2D eigenvalue weighted by molar-refractivity contribution is 5.97. The molecule has 1 fully saturated rings. The Morgan fingerprint density at radius 3 is 2.75 bits per heavy atom. The van der Waals surface area contributed by atoms with Crippen molar-refractivity contribution in [3.63, 3.8) is 0 Å². The van der Waals surface area contributed by atoms with Crippen molar-refractivity contribution in [2.24, 2.45) is 0 Å². The third-order valence-electron chi connectivity index (χ3n) is 2.64. The highest BCUT2D eigenvalue weighted by Gasteiger charge is 2.31. The molecule has 2 amide bonds. The number of hydrogen-bond donors (Lipinski definition) is 1. The summed E-state index contributed by atoms with van der Waals surface area (Å²) in [5.74, 6) is -1.27. The number of benzene rings is 1. The van der Waals surface area contributed by atoms with Crippen LogP contribution in [0.2, 0.25) is 0 Å². The Kier molecular flexibility index (Phi) is 3.82. The first kappa shape index (κ1) is 14.2. The Morgan fingerprint density at radius 2 is 2.10 bits per heavy atom. The van der Waals surface area contributed by atoms with Gasteiger partial charge in [0.25, 0.3) is 5.91 Å². The topological polar surface area (TPSA) is 58.6 Å². The second kappa shape index (κ2) is 5.40. The van der Waals surface area contributed by atoms with E-state index in [1.165, 1.54) is 17.0 Å². The molecule has 0 spiro atoms. The van der Waals surface area contributed by atoms with Crippen LogP contribution in [0.5, 0.6) is 5.75 Å². The molecule has 1 N–H and O–H groups in total. The van der Waals surface area contributed by atoms with E-state index in [2.05, 4.69) is 10.1 Å². The van der Waals surface area contributed by atoms with Crippen molar-refractivity contribution in [3.8, 4) is 5.75 Å². The summed E-state index contributed by atoms with van der Waals surface area (Å²) in [6.45, 7) is 0.529. The molecule has 2 rings (SSSR count). The average molecular weight is 288 g/mol. The minimum absolute atomic E-state index is 0.0430. The largest absolute Gasteiger partial charge is 0.573 e. The number of carbonyl (C=O) groups excluding carboxylic acids is 2. The third-order valence-corrected chi connectivity index (χ3v) is 2.64. The fraction of sp³-hybridized carbons (Fsp3) is 0.333. The zero-order valence-electron chi connectivity index (χ0n) is 10.2. The minimum atomic E-state index is -4.81. The SMILES string of the molecule is O=C1CN(C(=O)c2cccc(OC(F)(F)F)c2)CCN1. The molecule has 1 aromatic carbocycles. The summed E-state index contributed by atoms with van der Waals surface area (Å²) in [6.07, 6.45) is -4.81. The Hall–Kier alpha value is -2.25. The maximum atomic E-state index is 12.1. The van der Waals surface area contributed by atoms with E-state index in [9.17, 15) is 22.8 Å². The van der Waals surface area contributed by atoms with Crippen molar-refractivity contribution >= 4 is 11.8 Å². The first-order valence-electron chi connectivity index (χ1n) is 5.77. The number of rotatable bonds is 2. The number of carbonyl (C=O) groups is 2. The lowest BCUT2D eigenvalue weighted by molar-refractivity contribution is -0.274. The van der Waals surface area contributed by atoms with Crippen LogP contribution in [-0.2, 0) is 4.79 Å². The van der Waals surface area contributed by atoms with E-state index in [4.69, 9.17) is 0 Å². The van der Waals surface area contributed by atoms with Gasteiger partial charge in [-0.15, -0.1) is 13.2 Å². The normalized spacial score (nSPS) is 15.8. The van der Waals surface area contributed by atoms with E-state index in [1.54, 1.807) is 0 Å². The molecule has 0 atom stereocenters. The molecule has 0 unspecified atom stereocenters. The first-order chi connectivity index (χ1) is 9.35. The van der Waals surface area contributed by atoms with E-state index in [0.717, 1.165) is 12.1 Å². The highest BCUT2D eigenvalue weighted by atomic mass is 19.4. The van der Waals surface area contributed by atoms with E-state index in [-0.39, 0.29) is 18.0 Å². The fourth-order valence-corrected chi connectivity index (χ4v) is 1.82. The predicted octanol–water partition coefficient (Wildman–Crippen LogP) is 1.16. The van der Waals surface area contributed by atoms with Crippen LogP contribution in [0.15, 0.2) is 24.3 Å². The van der Waals surface area contributed by atoms with Gasteiger partial charge in [0.1, 0.15) is 5.75 Å². The molecule has 1 aliphatic rings. The lowest BCUT2D eigenvalue weighted by Gasteiger charge is -2.26. The maximum Gasteiger partial charge on any atom is 0.573 e. The van der Waals surface area contributed by atoms with Crippen LogP contribution in [0.3, 0.4) is 0 Å². The summed E-state index contributed by atoms with van der Waals surface area (Å²) < 4.78 is 40.1. The van der Waals surface area contributed by atoms with Gasteiger partial charge in [-0.25, -0.2) is 0 Å². The van der Waals surface area contributed by atoms with Crippen LogP contribution in [-0.4, -0.2) is 42.7 Å². The minimum Gasteiger partial charge on any atom is -0.406 e. The smallest absolute Gasteiger partial charge is 0.406 e. The van der Waals surface area contributed by atoms with Crippen molar-refractivity contribution < 1.29 is 27.5 Å². The highest BCUT2D eigenvalue weighted by Crippen LogP contribution is 2.23. The van der Waals surface area contributed by atoms with E-state index in [0.29, 0.717) is 13.1 Å². The zero-order chi connectivity index (χ0) is 14.8. The molecule has 1 saturated heterocycles. The Labute approximate surface area is 112 Å². The van der Waals surface area contributed by atoms with Gasteiger partial charge < -0.3 is 15.0 Å². The van der Waals surface area contributed by atoms with Gasteiger partial charge in [0.05, 0.1) is 6.54 Å². The van der Waals surface area contributed by atoms with Gasteiger partial charge in [0.2, 0.25) is 5.91 Å². The van der Waals surface area contributed by atoms with Gasteiger partial charge in [0, 0.05) is 18.7 Å². The molecule has 1 aromatic rings. The van der Waals surface area contributed by atoms with Crippen molar-refractivity contribution in [1.29, 1.82) is 0 Å². The molecule has 0 saturated carbocycles. The van der Waals surface area contributed by atoms with Gasteiger partial charge >= 0.3 is 6.36 Å². The lowest BCUT2D eigenvalue weighted by Crippen LogP contribution is -2.49. The summed E-state index contributed by atoms with van der Waals surface area (Å²) in [5, 5.41) is 2.55. The van der Waals surface area contributed by atoms with Gasteiger partial charge in [0.15, 0.2) is 0 Å². The number of halogens is 3. The van der Waals surface area contributed by atoms with Gasteiger partial charge in [-0.3, -0.25) is 9.59 Å². The van der Waals surface area contributed by atoms with Gasteiger partial charge in [-0.05, 0) is 18.2 Å². The molecule has 0 bridgehead atoms. The van der Waals surface area contributed by atoms with Crippen LogP contribution in [0, 0.1) is 0 Å². The summed E-state index contributed by atoms with van der Waals surface area (Å²) in [6, 6.07) is 4.77. The molecule has 5 nitrogen and oxygen atoms in total. The van der Waals surface area contributed by atoms with Gasteiger partial charge in [-0.1, -0.05) is 6.07 Å². The van der Waals surface area contributed by atoms with E-state index in [1.807, 2.05) is 0 Å². The molecule has 1 aliphatic heterocycles. The molecular formula is C12H11F3N2O3. The summed E-state index contributed by atoms with van der Waals surface area (Å²) in [7, 11) is 0. The summed E-state index contributed by atoms with van der Waals surface area (Å²) in [4.78, 5) is 24.5. The average Bonchev–Trinajstić information content (AvgIpc) is 2.36. The molecule has 0 radical (unpaired) electrons. The van der Waals surface area contributed by atoms with Crippen molar-refractivity contribution in [1.82, 2.24) is 10.2 Å². The van der Waals surface area contributed by atoms with Gasteiger partial charge in [-0.2, -0.15) is 0 Å².